The fourth-order valence-electron chi connectivity index (χ4n) is 2.76. The van der Waals surface area contributed by atoms with Crippen LogP contribution in [0.4, 0.5) is 0 Å². The maximum atomic E-state index is 11.5. The van der Waals surface area contributed by atoms with Crippen molar-refractivity contribution in [3.05, 3.63) is 40.9 Å². The SMILES string of the molecule is Cc1ccccc1-c1ncc(CN2CCN(S(C)(=O)=O)CC2)s1. The summed E-state index contributed by atoms with van der Waals surface area (Å²) in [5, 5.41) is 1.05. The lowest BCUT2D eigenvalue weighted by molar-refractivity contribution is 0.183. The van der Waals surface area contributed by atoms with Gasteiger partial charge in [-0.3, -0.25) is 4.90 Å². The second-order valence-corrected chi connectivity index (χ2v) is 8.98. The first-order valence-electron chi connectivity index (χ1n) is 7.61. The number of hydrogen-bond donors (Lipinski definition) is 0. The molecule has 1 aromatic heterocycles. The van der Waals surface area contributed by atoms with Gasteiger partial charge in [-0.25, -0.2) is 13.4 Å². The Bertz CT molecular complexity index is 778. The molecule has 1 aromatic carbocycles. The van der Waals surface area contributed by atoms with Crippen molar-refractivity contribution in [3.8, 4) is 10.6 Å². The van der Waals surface area contributed by atoms with Crippen molar-refractivity contribution >= 4 is 21.4 Å². The molecular formula is C16H21N3O2S2. The van der Waals surface area contributed by atoms with Gasteiger partial charge in [-0.1, -0.05) is 24.3 Å². The Morgan fingerprint density at radius 1 is 1.17 bits per heavy atom. The summed E-state index contributed by atoms with van der Waals surface area (Å²) in [7, 11) is -3.06. The summed E-state index contributed by atoms with van der Waals surface area (Å²) in [5.74, 6) is 0. The molecule has 2 heterocycles. The van der Waals surface area contributed by atoms with Gasteiger partial charge in [-0.15, -0.1) is 11.3 Å². The van der Waals surface area contributed by atoms with Gasteiger partial charge in [0.05, 0.1) is 6.26 Å². The van der Waals surface area contributed by atoms with Crippen LogP contribution in [0, 0.1) is 6.92 Å². The molecule has 1 fully saturated rings. The van der Waals surface area contributed by atoms with Crippen molar-refractivity contribution in [1.29, 1.82) is 0 Å². The zero-order valence-corrected chi connectivity index (χ0v) is 15.0. The molecule has 0 saturated carbocycles. The lowest BCUT2D eigenvalue weighted by atomic mass is 10.1. The summed E-state index contributed by atoms with van der Waals surface area (Å²) in [6, 6.07) is 8.27. The van der Waals surface area contributed by atoms with E-state index in [0.29, 0.717) is 13.1 Å². The van der Waals surface area contributed by atoms with Crippen LogP contribution in [0.1, 0.15) is 10.4 Å². The minimum atomic E-state index is -3.06. The molecule has 0 unspecified atom stereocenters. The number of nitrogens with zero attached hydrogens (tertiary/aromatic N) is 3. The predicted molar refractivity (Wildman–Crippen MR) is 94.0 cm³/mol. The van der Waals surface area contributed by atoms with Gasteiger partial charge < -0.3 is 0 Å². The Hall–Kier alpha value is -1.28. The normalized spacial score (nSPS) is 17.5. The van der Waals surface area contributed by atoms with E-state index in [9.17, 15) is 8.42 Å². The molecule has 0 amide bonds. The largest absolute Gasteiger partial charge is 0.296 e. The lowest BCUT2D eigenvalue weighted by Crippen LogP contribution is -2.47. The first kappa shape index (κ1) is 16.6. The quantitative estimate of drug-likeness (QED) is 0.847. The zero-order valence-electron chi connectivity index (χ0n) is 13.4. The Balaban J connectivity index is 1.64. The Morgan fingerprint density at radius 2 is 1.87 bits per heavy atom. The molecule has 124 valence electrons. The third kappa shape index (κ3) is 3.98. The number of benzene rings is 1. The Morgan fingerprint density at radius 3 is 2.52 bits per heavy atom. The smallest absolute Gasteiger partial charge is 0.211 e. The lowest BCUT2D eigenvalue weighted by Gasteiger charge is -2.32. The molecule has 1 saturated heterocycles. The van der Waals surface area contributed by atoms with Gasteiger partial charge in [0, 0.05) is 49.4 Å². The van der Waals surface area contributed by atoms with Crippen LogP contribution in [0.5, 0.6) is 0 Å². The number of thiazole rings is 1. The first-order chi connectivity index (χ1) is 10.9. The fourth-order valence-corrected chi connectivity index (χ4v) is 4.63. The van der Waals surface area contributed by atoms with Gasteiger partial charge >= 0.3 is 0 Å². The van der Waals surface area contributed by atoms with Crippen LogP contribution in [0.15, 0.2) is 30.5 Å². The molecule has 1 aliphatic heterocycles. The van der Waals surface area contributed by atoms with Crippen LogP contribution in [-0.4, -0.2) is 55.0 Å². The summed E-state index contributed by atoms with van der Waals surface area (Å²) < 4.78 is 24.6. The molecule has 1 aliphatic rings. The van der Waals surface area contributed by atoms with E-state index in [-0.39, 0.29) is 0 Å². The number of hydrogen-bond acceptors (Lipinski definition) is 5. The molecule has 0 spiro atoms. The second-order valence-electron chi connectivity index (χ2n) is 5.88. The minimum Gasteiger partial charge on any atom is -0.296 e. The Kier molecular flexibility index (Phi) is 4.82. The van der Waals surface area contributed by atoms with E-state index in [1.54, 1.807) is 15.6 Å². The van der Waals surface area contributed by atoms with E-state index >= 15 is 0 Å². The average Bonchev–Trinajstić information content (AvgIpc) is 2.95. The van der Waals surface area contributed by atoms with Crippen molar-refractivity contribution < 1.29 is 8.42 Å². The summed E-state index contributed by atoms with van der Waals surface area (Å²) in [5.41, 5.74) is 2.42. The van der Waals surface area contributed by atoms with Gasteiger partial charge in [0.1, 0.15) is 5.01 Å². The van der Waals surface area contributed by atoms with E-state index in [4.69, 9.17) is 0 Å². The van der Waals surface area contributed by atoms with E-state index in [0.717, 1.165) is 24.6 Å². The maximum Gasteiger partial charge on any atom is 0.211 e. The standard InChI is InChI=1S/C16H21N3O2S2/c1-13-5-3-4-6-15(13)16-17-11-14(22-16)12-18-7-9-19(10-8-18)23(2,20)21/h3-6,11H,7-10,12H2,1-2H3. The average molecular weight is 351 g/mol. The maximum absolute atomic E-state index is 11.5. The van der Waals surface area contributed by atoms with Crippen molar-refractivity contribution in [3.63, 3.8) is 0 Å². The Labute approximate surface area is 141 Å². The number of aryl methyl sites for hydroxylation is 1. The molecular weight excluding hydrogens is 330 g/mol. The van der Waals surface area contributed by atoms with E-state index in [1.807, 2.05) is 18.3 Å². The summed E-state index contributed by atoms with van der Waals surface area (Å²) in [4.78, 5) is 8.06. The van der Waals surface area contributed by atoms with E-state index in [1.165, 1.54) is 22.3 Å². The molecule has 0 N–H and O–H groups in total. The van der Waals surface area contributed by atoms with Gasteiger partial charge in [0.15, 0.2) is 0 Å². The predicted octanol–water partition coefficient (Wildman–Crippen LogP) is 2.20. The first-order valence-corrected chi connectivity index (χ1v) is 10.3. The van der Waals surface area contributed by atoms with Crippen LogP contribution in [-0.2, 0) is 16.6 Å². The highest BCUT2D eigenvalue weighted by atomic mass is 32.2. The third-order valence-corrected chi connectivity index (χ3v) is 6.43. The van der Waals surface area contributed by atoms with Crippen LogP contribution >= 0.6 is 11.3 Å². The van der Waals surface area contributed by atoms with Crippen LogP contribution in [0.25, 0.3) is 10.6 Å². The van der Waals surface area contributed by atoms with E-state index in [2.05, 4.69) is 28.9 Å². The van der Waals surface area contributed by atoms with Crippen LogP contribution < -0.4 is 0 Å². The van der Waals surface area contributed by atoms with Crippen molar-refractivity contribution in [2.24, 2.45) is 0 Å². The van der Waals surface area contributed by atoms with Crippen molar-refractivity contribution in [2.45, 2.75) is 13.5 Å². The minimum absolute atomic E-state index is 0.572. The highest BCUT2D eigenvalue weighted by Crippen LogP contribution is 2.28. The number of rotatable bonds is 4. The second kappa shape index (κ2) is 6.68. The van der Waals surface area contributed by atoms with E-state index < -0.39 is 10.0 Å². The van der Waals surface area contributed by atoms with Gasteiger partial charge in [0.2, 0.25) is 10.0 Å². The van der Waals surface area contributed by atoms with Gasteiger partial charge in [-0.2, -0.15) is 4.31 Å². The van der Waals surface area contributed by atoms with Crippen LogP contribution in [0.2, 0.25) is 0 Å². The fraction of sp³-hybridized carbons (Fsp3) is 0.438. The molecule has 0 bridgehead atoms. The third-order valence-electron chi connectivity index (χ3n) is 4.11. The highest BCUT2D eigenvalue weighted by Gasteiger charge is 2.23. The monoisotopic (exact) mass is 351 g/mol. The molecule has 3 rings (SSSR count). The molecule has 23 heavy (non-hydrogen) atoms. The van der Waals surface area contributed by atoms with Gasteiger partial charge in [-0.05, 0) is 12.5 Å². The molecule has 5 nitrogen and oxygen atoms in total. The molecule has 0 radical (unpaired) electrons. The zero-order chi connectivity index (χ0) is 16.4. The highest BCUT2D eigenvalue weighted by molar-refractivity contribution is 7.88. The molecule has 0 atom stereocenters. The summed E-state index contributed by atoms with van der Waals surface area (Å²) >= 11 is 1.72. The molecule has 0 aliphatic carbocycles. The van der Waals surface area contributed by atoms with Gasteiger partial charge in [0.25, 0.3) is 0 Å². The number of aromatic nitrogens is 1. The van der Waals surface area contributed by atoms with Crippen LogP contribution in [0.3, 0.4) is 0 Å². The number of piperazine rings is 1. The molecule has 2 aromatic rings. The number of sulfonamides is 1. The molecule has 7 heteroatoms. The topological polar surface area (TPSA) is 53.5 Å². The van der Waals surface area contributed by atoms with Crippen molar-refractivity contribution in [1.82, 2.24) is 14.2 Å². The van der Waals surface area contributed by atoms with Crippen molar-refractivity contribution in [2.75, 3.05) is 32.4 Å². The summed E-state index contributed by atoms with van der Waals surface area (Å²) in [6.07, 6.45) is 3.22. The summed E-state index contributed by atoms with van der Waals surface area (Å²) in [6.45, 7) is 5.61.